The van der Waals surface area contributed by atoms with E-state index in [1.165, 1.54) is 16.3 Å². The fourth-order valence-electron chi connectivity index (χ4n) is 4.86. The molecule has 0 aromatic heterocycles. The lowest BCUT2D eigenvalue weighted by Crippen LogP contribution is -2.53. The second kappa shape index (κ2) is 14.0. The Labute approximate surface area is 262 Å². The van der Waals surface area contributed by atoms with E-state index in [2.05, 4.69) is 21.2 Å². The summed E-state index contributed by atoms with van der Waals surface area (Å²) >= 11 is 3.45. The highest BCUT2D eigenvalue weighted by Crippen LogP contribution is 2.29. The fourth-order valence-corrected chi connectivity index (χ4v) is 6.60. The number of nitrogens with one attached hydrogen (secondary N) is 1. The van der Waals surface area contributed by atoms with Crippen molar-refractivity contribution in [1.82, 2.24) is 10.2 Å². The molecular weight excluding hydrogens is 626 g/mol. The monoisotopic (exact) mass is 661 g/mol. The van der Waals surface area contributed by atoms with Crippen molar-refractivity contribution in [3.05, 3.63) is 129 Å². The molecule has 43 heavy (non-hydrogen) atoms. The van der Waals surface area contributed by atoms with Crippen molar-refractivity contribution in [1.29, 1.82) is 0 Å². The van der Waals surface area contributed by atoms with Gasteiger partial charge in [0.15, 0.2) is 0 Å². The molecule has 0 aliphatic carbocycles. The lowest BCUT2D eigenvalue weighted by molar-refractivity contribution is -0.139. The van der Waals surface area contributed by atoms with E-state index in [-0.39, 0.29) is 23.8 Å². The minimum atomic E-state index is -4.15. The lowest BCUT2D eigenvalue weighted by atomic mass is 10.0. The Morgan fingerprint density at radius 1 is 0.814 bits per heavy atom. The number of aryl methyl sites for hydroxylation is 2. The molecule has 2 amide bonds. The van der Waals surface area contributed by atoms with Gasteiger partial charge < -0.3 is 10.2 Å². The van der Waals surface area contributed by atoms with Crippen LogP contribution in [0.2, 0.25) is 0 Å². The van der Waals surface area contributed by atoms with Crippen LogP contribution in [-0.2, 0) is 32.6 Å². The number of nitrogens with zero attached hydrogens (tertiary/aromatic N) is 2. The highest BCUT2D eigenvalue weighted by molar-refractivity contribution is 9.10. The van der Waals surface area contributed by atoms with Gasteiger partial charge in [-0.3, -0.25) is 13.9 Å². The molecule has 7 nitrogen and oxygen atoms in total. The third-order valence-corrected chi connectivity index (χ3v) is 9.82. The first-order valence-corrected chi connectivity index (χ1v) is 16.2. The Hall–Kier alpha value is -3.95. The SMILES string of the molecule is CNC(=O)C(Cc1ccccc1)N(Cc1ccc(Br)cc1)C(=O)CN(c1cccc(C)c1C)S(=O)(=O)c1ccc(C)cc1. The smallest absolute Gasteiger partial charge is 0.264 e. The lowest BCUT2D eigenvalue weighted by Gasteiger charge is -2.34. The van der Waals surface area contributed by atoms with Gasteiger partial charge in [-0.2, -0.15) is 0 Å². The number of halogens is 1. The maximum atomic E-state index is 14.4. The molecule has 1 atom stereocenters. The van der Waals surface area contributed by atoms with Crippen molar-refractivity contribution >= 4 is 43.5 Å². The molecule has 0 spiro atoms. The minimum absolute atomic E-state index is 0.0819. The number of carbonyl (C=O) groups is 2. The van der Waals surface area contributed by atoms with Gasteiger partial charge in [0, 0.05) is 24.5 Å². The van der Waals surface area contributed by atoms with Crippen molar-refractivity contribution in [3.8, 4) is 0 Å². The highest BCUT2D eigenvalue weighted by atomic mass is 79.9. The van der Waals surface area contributed by atoms with Crippen molar-refractivity contribution in [2.45, 2.75) is 44.7 Å². The maximum absolute atomic E-state index is 14.4. The van der Waals surface area contributed by atoms with Crippen molar-refractivity contribution in [2.24, 2.45) is 0 Å². The molecule has 0 saturated carbocycles. The maximum Gasteiger partial charge on any atom is 0.264 e. The summed E-state index contributed by atoms with van der Waals surface area (Å²) < 4.78 is 30.4. The molecule has 9 heteroatoms. The summed E-state index contributed by atoms with van der Waals surface area (Å²) in [5, 5.41) is 2.71. The fraction of sp³-hybridized carbons (Fsp3) is 0.235. The molecule has 4 rings (SSSR count). The zero-order chi connectivity index (χ0) is 31.1. The summed E-state index contributed by atoms with van der Waals surface area (Å²) in [7, 11) is -2.61. The first-order valence-electron chi connectivity index (χ1n) is 14.0. The van der Waals surface area contributed by atoms with Gasteiger partial charge in [0.05, 0.1) is 10.6 Å². The van der Waals surface area contributed by atoms with Gasteiger partial charge in [-0.15, -0.1) is 0 Å². The molecule has 0 bridgehead atoms. The van der Waals surface area contributed by atoms with Gasteiger partial charge in [0.2, 0.25) is 11.8 Å². The molecule has 1 unspecified atom stereocenters. The number of rotatable bonds is 11. The van der Waals surface area contributed by atoms with Crippen molar-refractivity contribution in [2.75, 3.05) is 17.9 Å². The van der Waals surface area contributed by atoms with E-state index in [1.54, 1.807) is 36.4 Å². The van der Waals surface area contributed by atoms with E-state index in [0.29, 0.717) is 5.69 Å². The molecule has 1 N–H and O–H groups in total. The van der Waals surface area contributed by atoms with Gasteiger partial charge in [-0.05, 0) is 73.4 Å². The number of sulfonamides is 1. The Kier molecular flexibility index (Phi) is 10.4. The quantitative estimate of drug-likeness (QED) is 0.215. The number of carbonyl (C=O) groups excluding carboxylic acids is 2. The Bertz CT molecular complexity index is 1680. The van der Waals surface area contributed by atoms with Crippen LogP contribution in [0, 0.1) is 20.8 Å². The van der Waals surface area contributed by atoms with Crippen molar-refractivity contribution < 1.29 is 18.0 Å². The van der Waals surface area contributed by atoms with Crippen LogP contribution in [0.5, 0.6) is 0 Å². The number of likely N-dealkylation sites (N-methyl/N-ethyl adjacent to an activating group) is 1. The zero-order valence-electron chi connectivity index (χ0n) is 24.7. The first-order chi connectivity index (χ1) is 20.5. The predicted molar refractivity (Wildman–Crippen MR) is 174 cm³/mol. The van der Waals surface area contributed by atoms with Gasteiger partial charge in [-0.1, -0.05) is 88.2 Å². The summed E-state index contributed by atoms with van der Waals surface area (Å²) in [6.07, 6.45) is 0.261. The topological polar surface area (TPSA) is 86.8 Å². The molecular formula is C34H36BrN3O4S. The predicted octanol–water partition coefficient (Wildman–Crippen LogP) is 5.96. The third kappa shape index (κ3) is 7.72. The second-order valence-corrected chi connectivity index (χ2v) is 13.3. The summed E-state index contributed by atoms with van der Waals surface area (Å²) in [5.74, 6) is -0.835. The van der Waals surface area contributed by atoms with Gasteiger partial charge >= 0.3 is 0 Å². The van der Waals surface area contributed by atoms with Crippen LogP contribution in [0.1, 0.15) is 27.8 Å². The summed E-state index contributed by atoms with van der Waals surface area (Å²) in [6.45, 7) is 5.25. The van der Waals surface area contributed by atoms with E-state index >= 15 is 0 Å². The number of anilines is 1. The zero-order valence-corrected chi connectivity index (χ0v) is 27.2. The molecule has 0 fully saturated rings. The van der Waals surface area contributed by atoms with Crippen LogP contribution < -0.4 is 9.62 Å². The standard InChI is InChI=1S/C34H36BrN3O4S/c1-24-13-19-30(20-14-24)43(41,42)38(31-12-8-9-25(2)26(31)3)23-33(39)37(22-28-15-17-29(35)18-16-28)32(34(40)36-4)21-27-10-6-5-7-11-27/h5-20,32H,21-23H2,1-4H3,(H,36,40). The van der Waals surface area contributed by atoms with E-state index in [1.807, 2.05) is 81.4 Å². The molecule has 4 aromatic rings. The summed E-state index contributed by atoms with van der Waals surface area (Å²) in [6, 6.07) is 28.0. The number of benzene rings is 4. The van der Waals surface area contributed by atoms with Crippen LogP contribution in [-0.4, -0.2) is 44.8 Å². The highest BCUT2D eigenvalue weighted by Gasteiger charge is 2.34. The largest absolute Gasteiger partial charge is 0.357 e. The molecule has 224 valence electrons. The number of hydrogen-bond acceptors (Lipinski definition) is 4. The summed E-state index contributed by atoms with van der Waals surface area (Å²) in [4.78, 5) is 29.3. The molecule has 0 radical (unpaired) electrons. The Morgan fingerprint density at radius 3 is 2.09 bits per heavy atom. The van der Waals surface area contributed by atoms with Crippen LogP contribution in [0.4, 0.5) is 5.69 Å². The van der Waals surface area contributed by atoms with Gasteiger partial charge in [0.1, 0.15) is 12.6 Å². The molecule has 0 aliphatic heterocycles. The van der Waals surface area contributed by atoms with E-state index in [4.69, 9.17) is 0 Å². The Morgan fingerprint density at radius 2 is 1.47 bits per heavy atom. The third-order valence-electron chi connectivity index (χ3n) is 7.52. The van der Waals surface area contributed by atoms with Crippen LogP contribution >= 0.6 is 15.9 Å². The molecule has 4 aromatic carbocycles. The second-order valence-electron chi connectivity index (χ2n) is 10.5. The average molecular weight is 663 g/mol. The van der Waals surface area contributed by atoms with Crippen LogP contribution in [0.3, 0.4) is 0 Å². The van der Waals surface area contributed by atoms with E-state index in [9.17, 15) is 18.0 Å². The number of hydrogen-bond donors (Lipinski definition) is 1. The molecule has 0 saturated heterocycles. The van der Waals surface area contributed by atoms with Gasteiger partial charge in [-0.25, -0.2) is 8.42 Å². The number of amides is 2. The van der Waals surface area contributed by atoms with E-state index < -0.39 is 28.5 Å². The molecule has 0 heterocycles. The van der Waals surface area contributed by atoms with Crippen molar-refractivity contribution in [3.63, 3.8) is 0 Å². The molecule has 0 aliphatic rings. The minimum Gasteiger partial charge on any atom is -0.357 e. The normalized spacial score (nSPS) is 11.9. The first kappa shape index (κ1) is 32.0. The van der Waals surface area contributed by atoms with E-state index in [0.717, 1.165) is 32.3 Å². The van der Waals surface area contributed by atoms with Gasteiger partial charge in [0.25, 0.3) is 10.0 Å². The van der Waals surface area contributed by atoms with Crippen LogP contribution in [0.15, 0.2) is 106 Å². The average Bonchev–Trinajstić information content (AvgIpc) is 3.00. The summed E-state index contributed by atoms with van der Waals surface area (Å²) in [5.41, 5.74) is 4.66. The Balaban J connectivity index is 1.81. The van der Waals surface area contributed by atoms with Crippen LogP contribution in [0.25, 0.3) is 0 Å².